The van der Waals surface area contributed by atoms with Crippen LogP contribution < -0.4 is 14.8 Å². The number of nitrogens with zero attached hydrogens (tertiary/aromatic N) is 1. The van der Waals surface area contributed by atoms with E-state index in [0.29, 0.717) is 24.4 Å². The Morgan fingerprint density at radius 3 is 2.61 bits per heavy atom. The van der Waals surface area contributed by atoms with Gasteiger partial charge in [0, 0.05) is 30.3 Å². The molecule has 38 heavy (non-hydrogen) atoms. The molecule has 9 nitrogen and oxygen atoms in total. The van der Waals surface area contributed by atoms with Crippen molar-refractivity contribution in [3.8, 4) is 5.75 Å². The summed E-state index contributed by atoms with van der Waals surface area (Å²) in [5.41, 5.74) is 1.14. The van der Waals surface area contributed by atoms with E-state index in [9.17, 15) is 22.7 Å². The number of benzene rings is 2. The highest BCUT2D eigenvalue weighted by atomic mass is 32.2. The van der Waals surface area contributed by atoms with Gasteiger partial charge < -0.3 is 24.8 Å². The van der Waals surface area contributed by atoms with Crippen LogP contribution in [0, 0.1) is 5.82 Å². The predicted molar refractivity (Wildman–Crippen MR) is 139 cm³/mol. The van der Waals surface area contributed by atoms with Crippen molar-refractivity contribution >= 4 is 21.6 Å². The summed E-state index contributed by atoms with van der Waals surface area (Å²) in [6, 6.07) is 9.60. The first-order chi connectivity index (χ1) is 18.3. The minimum atomic E-state index is -3.91. The van der Waals surface area contributed by atoms with Crippen molar-refractivity contribution in [1.29, 1.82) is 0 Å². The summed E-state index contributed by atoms with van der Waals surface area (Å²) in [6.07, 6.45) is 2.90. The fraction of sp³-hybridized carbons (Fsp3) is 0.519. The van der Waals surface area contributed by atoms with Gasteiger partial charge in [-0.25, -0.2) is 12.8 Å². The summed E-state index contributed by atoms with van der Waals surface area (Å²) in [7, 11) is -3.91. The van der Waals surface area contributed by atoms with E-state index in [2.05, 4.69) is 14.9 Å². The fourth-order valence-corrected chi connectivity index (χ4v) is 6.65. The monoisotopic (exact) mass is 547 g/mol. The lowest BCUT2D eigenvalue weighted by atomic mass is 9.84. The van der Waals surface area contributed by atoms with Gasteiger partial charge in [0.15, 0.2) is 0 Å². The molecule has 3 heterocycles. The van der Waals surface area contributed by atoms with E-state index in [4.69, 9.17) is 9.47 Å². The van der Waals surface area contributed by atoms with Gasteiger partial charge in [0.1, 0.15) is 23.8 Å². The number of ether oxygens (including phenoxy) is 2. The number of aliphatic hydroxyl groups excluding tert-OH is 1. The minimum Gasteiger partial charge on any atom is -0.487 e. The number of anilines is 1. The van der Waals surface area contributed by atoms with Crippen molar-refractivity contribution in [3.63, 3.8) is 0 Å². The number of sulfonamides is 1. The minimum absolute atomic E-state index is 0.0497. The number of likely N-dealkylation sites (tertiary alicyclic amines) is 1. The van der Waals surface area contributed by atoms with E-state index in [1.165, 1.54) is 31.4 Å². The molecular weight excluding hydrogens is 513 g/mol. The molecule has 0 aromatic heterocycles. The van der Waals surface area contributed by atoms with Crippen molar-refractivity contribution in [2.24, 2.45) is 0 Å². The van der Waals surface area contributed by atoms with E-state index in [1.807, 2.05) is 0 Å². The molecular formula is C27H34FN3O6S. The molecule has 3 aliphatic rings. The summed E-state index contributed by atoms with van der Waals surface area (Å²) in [5.74, 6) is -0.189. The molecule has 0 radical (unpaired) electrons. The van der Waals surface area contributed by atoms with Gasteiger partial charge in [-0.2, -0.15) is 0 Å². The molecule has 4 atom stereocenters. The second-order valence-corrected chi connectivity index (χ2v) is 11.9. The third-order valence-electron chi connectivity index (χ3n) is 7.49. The smallest absolute Gasteiger partial charge is 0.261 e. The van der Waals surface area contributed by atoms with Crippen LogP contribution in [0.3, 0.4) is 0 Å². The van der Waals surface area contributed by atoms with Crippen LogP contribution in [0.4, 0.5) is 10.1 Å². The lowest BCUT2D eigenvalue weighted by Gasteiger charge is -2.37. The molecule has 1 amide bonds. The van der Waals surface area contributed by atoms with Crippen LogP contribution in [-0.2, 0) is 19.6 Å². The number of hydrogen-bond donors (Lipinski definition) is 3. The number of carbonyl (C=O) groups is 1. The first kappa shape index (κ1) is 26.9. The number of aliphatic hydroxyl groups is 1. The molecule has 5 rings (SSSR count). The van der Waals surface area contributed by atoms with Gasteiger partial charge in [-0.15, -0.1) is 0 Å². The molecule has 3 N–H and O–H groups in total. The average molecular weight is 548 g/mol. The number of halogens is 1. The highest BCUT2D eigenvalue weighted by Gasteiger charge is 2.46. The molecule has 11 heteroatoms. The van der Waals surface area contributed by atoms with E-state index in [1.54, 1.807) is 18.2 Å². The maximum Gasteiger partial charge on any atom is 0.261 e. The second kappa shape index (κ2) is 11.6. The third kappa shape index (κ3) is 6.12. The Labute approximate surface area is 222 Å². The van der Waals surface area contributed by atoms with Gasteiger partial charge in [-0.3, -0.25) is 9.52 Å². The molecule has 0 bridgehead atoms. The van der Waals surface area contributed by atoms with Gasteiger partial charge in [-0.05, 0) is 74.8 Å². The van der Waals surface area contributed by atoms with Crippen LogP contribution in [0.15, 0.2) is 47.4 Å². The van der Waals surface area contributed by atoms with Crippen LogP contribution in [-0.4, -0.2) is 75.4 Å². The van der Waals surface area contributed by atoms with Gasteiger partial charge in [0.2, 0.25) is 5.91 Å². The van der Waals surface area contributed by atoms with Crippen LogP contribution in [0.2, 0.25) is 0 Å². The maximum absolute atomic E-state index is 13.2. The van der Waals surface area contributed by atoms with Crippen molar-refractivity contribution in [2.75, 3.05) is 37.5 Å². The Morgan fingerprint density at radius 1 is 1.11 bits per heavy atom. The van der Waals surface area contributed by atoms with Crippen molar-refractivity contribution < 1.29 is 32.2 Å². The van der Waals surface area contributed by atoms with E-state index < -0.39 is 34.2 Å². The molecule has 0 spiro atoms. The number of amides is 1. The van der Waals surface area contributed by atoms with Crippen molar-refractivity contribution in [3.05, 3.63) is 53.8 Å². The van der Waals surface area contributed by atoms with E-state index >= 15 is 0 Å². The largest absolute Gasteiger partial charge is 0.487 e. The van der Waals surface area contributed by atoms with Gasteiger partial charge in [0.05, 0.1) is 24.0 Å². The molecule has 2 aromatic rings. The lowest BCUT2D eigenvalue weighted by Crippen LogP contribution is -2.47. The highest BCUT2D eigenvalue weighted by molar-refractivity contribution is 7.92. The number of carbonyl (C=O) groups excluding carboxylic acids is 1. The Kier molecular flexibility index (Phi) is 8.18. The number of hydrogen-bond acceptors (Lipinski definition) is 7. The second-order valence-electron chi connectivity index (χ2n) is 10.2. The zero-order valence-corrected chi connectivity index (χ0v) is 22.0. The number of fused-ring (bicyclic) bond motifs is 3. The zero-order chi connectivity index (χ0) is 26.7. The molecule has 206 valence electrons. The topological polar surface area (TPSA) is 117 Å². The molecule has 0 unspecified atom stereocenters. The van der Waals surface area contributed by atoms with Crippen molar-refractivity contribution in [2.45, 2.75) is 61.2 Å². The Balaban J connectivity index is 1.23. The molecule has 0 aliphatic carbocycles. The van der Waals surface area contributed by atoms with Gasteiger partial charge in [0.25, 0.3) is 10.0 Å². The van der Waals surface area contributed by atoms with Crippen LogP contribution in [0.5, 0.6) is 5.75 Å². The van der Waals surface area contributed by atoms with Gasteiger partial charge >= 0.3 is 0 Å². The molecule has 2 saturated heterocycles. The number of piperidine rings is 1. The Hall–Kier alpha value is -2.73. The quantitative estimate of drug-likeness (QED) is 0.442. The fourth-order valence-electron chi connectivity index (χ4n) is 5.60. The third-order valence-corrected chi connectivity index (χ3v) is 8.88. The SMILES string of the molecule is O=C(C[C@H]1C[C@H]2c3cc(NS(=O)(=O)c4ccc(F)cc4)ccc3O[C@H]2[C@@H](CO)O1)NCCN1CCCCC1. The predicted octanol–water partition coefficient (Wildman–Crippen LogP) is 2.61. The number of nitrogens with one attached hydrogen (secondary N) is 2. The summed E-state index contributed by atoms with van der Waals surface area (Å²) >= 11 is 0. The lowest BCUT2D eigenvalue weighted by molar-refractivity contribution is -0.142. The van der Waals surface area contributed by atoms with Crippen LogP contribution >= 0.6 is 0 Å². The molecule has 0 saturated carbocycles. The first-order valence-corrected chi connectivity index (χ1v) is 14.6. The molecule has 2 fully saturated rings. The Bertz CT molecular complexity index is 1240. The summed E-state index contributed by atoms with van der Waals surface area (Å²) in [4.78, 5) is 15.0. The van der Waals surface area contributed by atoms with E-state index in [0.717, 1.165) is 37.3 Å². The summed E-state index contributed by atoms with van der Waals surface area (Å²) in [5, 5.41) is 13.0. The first-order valence-electron chi connectivity index (χ1n) is 13.2. The van der Waals surface area contributed by atoms with Crippen LogP contribution in [0.1, 0.15) is 43.6 Å². The maximum atomic E-state index is 13.2. The number of rotatable bonds is 9. The zero-order valence-electron chi connectivity index (χ0n) is 21.1. The van der Waals surface area contributed by atoms with Crippen molar-refractivity contribution in [1.82, 2.24) is 10.2 Å². The normalized spacial score (nSPS) is 25.2. The highest BCUT2D eigenvalue weighted by Crippen LogP contribution is 2.47. The van der Waals surface area contributed by atoms with Crippen LogP contribution in [0.25, 0.3) is 0 Å². The molecule has 3 aliphatic heterocycles. The average Bonchev–Trinajstić information content (AvgIpc) is 3.27. The summed E-state index contributed by atoms with van der Waals surface area (Å²) in [6.45, 7) is 3.31. The standard InChI is InChI=1S/C27H34FN3O6S/c28-18-4-7-21(8-5-18)38(34,35)30-19-6-9-24-22(14-19)23-15-20(36-25(17-32)27(23)37-24)16-26(33)29-10-13-31-11-2-1-3-12-31/h4-9,14,20,23,25,27,30,32H,1-3,10-13,15-17H2,(H,29,33)/t20-,23+,25-,27-/m1/s1. The van der Waals surface area contributed by atoms with E-state index in [-0.39, 0.29) is 29.7 Å². The van der Waals surface area contributed by atoms with Gasteiger partial charge in [-0.1, -0.05) is 6.42 Å². The summed E-state index contributed by atoms with van der Waals surface area (Å²) < 4.78 is 53.5. The molecule has 2 aromatic carbocycles. The Morgan fingerprint density at radius 2 is 1.87 bits per heavy atom.